The molecule has 0 bridgehead atoms. The molecule has 2 aliphatic carbocycles. The monoisotopic (exact) mass is 1060 g/mol. The number of hydrogen-bond donors (Lipinski definition) is 0. The summed E-state index contributed by atoms with van der Waals surface area (Å²) in [5.41, 5.74) is 25.9. The maximum Gasteiger partial charge on any atom is 0.132 e. The van der Waals surface area contributed by atoms with Crippen LogP contribution in [0.2, 0.25) is 0 Å². The van der Waals surface area contributed by atoms with Gasteiger partial charge in [-0.25, -0.2) is 0 Å². The van der Waals surface area contributed by atoms with Crippen molar-refractivity contribution in [3.05, 3.63) is 354 Å². The van der Waals surface area contributed by atoms with E-state index in [0.717, 1.165) is 84.6 Å². The van der Waals surface area contributed by atoms with E-state index < -0.39 is 10.8 Å². The van der Waals surface area contributed by atoms with Crippen LogP contribution in [0.5, 0.6) is 23.0 Å². The second kappa shape index (κ2) is 18.4. The van der Waals surface area contributed by atoms with Crippen molar-refractivity contribution >= 4 is 17.1 Å². The third kappa shape index (κ3) is 6.86. The first-order valence-corrected chi connectivity index (χ1v) is 28.6. The van der Waals surface area contributed by atoms with Gasteiger partial charge in [0.05, 0.1) is 16.5 Å². The van der Waals surface area contributed by atoms with Crippen LogP contribution in [0.15, 0.2) is 309 Å². The zero-order chi connectivity index (χ0) is 54.6. The lowest BCUT2D eigenvalue weighted by molar-refractivity contribution is 0.436. The Morgan fingerprint density at radius 1 is 0.217 bits per heavy atom. The second-order valence-electron chi connectivity index (χ2n) is 22.2. The van der Waals surface area contributed by atoms with Gasteiger partial charge in [0.25, 0.3) is 0 Å². The molecule has 2 aliphatic heterocycles. The third-order valence-electron chi connectivity index (χ3n) is 18.0. The van der Waals surface area contributed by atoms with Gasteiger partial charge in [0.2, 0.25) is 0 Å². The lowest BCUT2D eigenvalue weighted by atomic mass is 9.66. The van der Waals surface area contributed by atoms with Crippen LogP contribution in [0.25, 0.3) is 66.8 Å². The summed E-state index contributed by atoms with van der Waals surface area (Å²) in [6.07, 6.45) is 0. The minimum atomic E-state index is -0.578. The van der Waals surface area contributed by atoms with Gasteiger partial charge in [0.15, 0.2) is 0 Å². The van der Waals surface area contributed by atoms with Gasteiger partial charge in [0, 0.05) is 39.2 Å². The fraction of sp³-hybridized carbons (Fsp3) is 0.0250. The maximum absolute atomic E-state index is 6.71. The van der Waals surface area contributed by atoms with Crippen LogP contribution >= 0.6 is 0 Å². The highest BCUT2D eigenvalue weighted by Gasteiger charge is 2.53. The summed E-state index contributed by atoms with van der Waals surface area (Å²) >= 11 is 0. The summed E-state index contributed by atoms with van der Waals surface area (Å²) in [4.78, 5) is 2.46. The Bertz CT molecular complexity index is 4670. The van der Waals surface area contributed by atoms with Crippen molar-refractivity contribution in [2.24, 2.45) is 0 Å². The molecule has 2 heterocycles. The number of anilines is 3. The van der Waals surface area contributed by atoms with E-state index >= 15 is 0 Å². The van der Waals surface area contributed by atoms with Crippen molar-refractivity contribution in [3.8, 4) is 89.8 Å². The van der Waals surface area contributed by atoms with Gasteiger partial charge in [0.1, 0.15) is 23.0 Å². The molecule has 13 aromatic carbocycles. The van der Waals surface area contributed by atoms with Gasteiger partial charge in [-0.2, -0.15) is 0 Å². The van der Waals surface area contributed by atoms with Crippen LogP contribution in [0.3, 0.4) is 0 Å². The Morgan fingerprint density at radius 2 is 0.627 bits per heavy atom. The summed E-state index contributed by atoms with van der Waals surface area (Å²) < 4.78 is 13.4. The first-order chi connectivity index (χ1) is 41.2. The average Bonchev–Trinajstić information content (AvgIpc) is 1.80. The largest absolute Gasteiger partial charge is 0.457 e. The van der Waals surface area contributed by atoms with Crippen molar-refractivity contribution in [1.29, 1.82) is 0 Å². The normalized spacial score (nSPS) is 13.7. The molecule has 17 rings (SSSR count). The van der Waals surface area contributed by atoms with Crippen LogP contribution in [0, 0.1) is 0 Å². The summed E-state index contributed by atoms with van der Waals surface area (Å²) in [6, 6.07) is 113. The van der Waals surface area contributed by atoms with E-state index in [1.54, 1.807) is 0 Å². The third-order valence-corrected chi connectivity index (χ3v) is 18.0. The molecule has 0 fully saturated rings. The lowest BCUT2D eigenvalue weighted by Gasteiger charge is -2.39. The van der Waals surface area contributed by atoms with Crippen molar-refractivity contribution < 1.29 is 9.47 Å². The van der Waals surface area contributed by atoms with Gasteiger partial charge < -0.3 is 14.4 Å². The molecule has 13 aromatic rings. The highest BCUT2D eigenvalue weighted by atomic mass is 16.5. The predicted octanol–water partition coefficient (Wildman–Crippen LogP) is 20.8. The van der Waals surface area contributed by atoms with E-state index in [1.807, 2.05) is 0 Å². The van der Waals surface area contributed by atoms with Crippen molar-refractivity contribution in [2.45, 2.75) is 10.8 Å². The first kappa shape index (κ1) is 47.1. The minimum Gasteiger partial charge on any atom is -0.457 e. The predicted molar refractivity (Wildman–Crippen MR) is 338 cm³/mol. The molecule has 0 radical (unpaired) electrons. The van der Waals surface area contributed by atoms with E-state index in [4.69, 9.17) is 9.47 Å². The van der Waals surface area contributed by atoms with E-state index in [0.29, 0.717) is 0 Å². The molecule has 2 spiro atoms. The quantitative estimate of drug-likeness (QED) is 0.159. The smallest absolute Gasteiger partial charge is 0.132 e. The number of hydrogen-bond acceptors (Lipinski definition) is 3. The topological polar surface area (TPSA) is 21.7 Å². The van der Waals surface area contributed by atoms with Gasteiger partial charge in [-0.15, -0.1) is 0 Å². The van der Waals surface area contributed by atoms with Crippen LogP contribution < -0.4 is 14.4 Å². The van der Waals surface area contributed by atoms with Crippen LogP contribution in [0.1, 0.15) is 44.5 Å². The van der Waals surface area contributed by atoms with Gasteiger partial charge in [-0.3, -0.25) is 0 Å². The van der Waals surface area contributed by atoms with E-state index in [1.165, 1.54) is 66.8 Å². The Hall–Kier alpha value is -10.7. The van der Waals surface area contributed by atoms with Crippen LogP contribution in [-0.4, -0.2) is 0 Å². The Morgan fingerprint density at radius 3 is 1.27 bits per heavy atom. The van der Waals surface area contributed by atoms with E-state index in [-0.39, 0.29) is 0 Å². The Balaban J connectivity index is 0.849. The molecule has 3 heteroatoms. The number of fused-ring (bicyclic) bond motifs is 18. The molecule has 0 saturated heterocycles. The molecule has 4 aliphatic rings. The molecule has 0 unspecified atom stereocenters. The number of rotatable bonds is 7. The molecule has 0 aromatic heterocycles. The summed E-state index contributed by atoms with van der Waals surface area (Å²) in [6.45, 7) is 0. The molecular formula is C80H51NO2. The van der Waals surface area contributed by atoms with Gasteiger partial charge >= 0.3 is 0 Å². The van der Waals surface area contributed by atoms with Crippen LogP contribution in [-0.2, 0) is 10.8 Å². The fourth-order valence-corrected chi connectivity index (χ4v) is 14.6. The van der Waals surface area contributed by atoms with E-state index in [9.17, 15) is 0 Å². The summed E-state index contributed by atoms with van der Waals surface area (Å²) in [5, 5.41) is 0. The average molecular weight is 1060 g/mol. The highest BCUT2D eigenvalue weighted by Crippen LogP contribution is 2.65. The lowest BCUT2D eigenvalue weighted by Crippen LogP contribution is -2.32. The molecular weight excluding hydrogens is 1010 g/mol. The zero-order valence-corrected chi connectivity index (χ0v) is 45.2. The SMILES string of the molecule is c1ccc(-c2cccc(-c3ccc(N(c4cccc(-c5cccc6c5-c5ccccc5C65c6ccccc6Oc6ccccc65)c4)c4ccccc4-c4ccc5c(c4)-c4ccccc4C54c5ccccc5Oc5ccccc54)cc3)c2)cc1. The number of ether oxygens (including phenoxy) is 2. The summed E-state index contributed by atoms with van der Waals surface area (Å²) in [7, 11) is 0. The molecule has 83 heavy (non-hydrogen) atoms. The first-order valence-electron chi connectivity index (χ1n) is 28.6. The Kier molecular flexibility index (Phi) is 10.4. The van der Waals surface area contributed by atoms with Crippen molar-refractivity contribution in [1.82, 2.24) is 0 Å². The molecule has 388 valence electrons. The van der Waals surface area contributed by atoms with Gasteiger partial charge in [-0.05, 0) is 150 Å². The minimum absolute atomic E-state index is 0.556. The maximum atomic E-state index is 6.71. The number of para-hydroxylation sites is 5. The van der Waals surface area contributed by atoms with Gasteiger partial charge in [-0.1, -0.05) is 243 Å². The second-order valence-corrected chi connectivity index (χ2v) is 22.2. The summed E-state index contributed by atoms with van der Waals surface area (Å²) in [5.74, 6) is 3.55. The molecule has 0 atom stereocenters. The highest BCUT2D eigenvalue weighted by molar-refractivity contribution is 5.99. The van der Waals surface area contributed by atoms with Crippen molar-refractivity contribution in [2.75, 3.05) is 4.90 Å². The molecule has 3 nitrogen and oxygen atoms in total. The molecule has 0 saturated carbocycles. The fourth-order valence-electron chi connectivity index (χ4n) is 14.6. The van der Waals surface area contributed by atoms with E-state index in [2.05, 4.69) is 314 Å². The number of nitrogens with zero attached hydrogens (tertiary/aromatic N) is 1. The molecule has 0 N–H and O–H groups in total. The standard InChI is InChI=1S/C80H51NO2/c1-2-21-52(22-3-1)54-23-18-24-55(49-54)53-43-46-58(47-44-53)81(59-26-19-25-56(50-59)61-30-20-37-72-78(61)63-29-5-8-32-66(63)80(72)70-35-11-16-41-76(70)83-77-42-17-12-36-71(77)80)73-38-13-6-27-60(73)57-45-48-67-64(51-57)62-28-4-7-31-65(62)79(67)68-33-9-14-39-74(68)82-75-40-15-10-34-69(75)79/h1-51H. The van der Waals surface area contributed by atoms with Crippen LogP contribution in [0.4, 0.5) is 17.1 Å². The number of benzene rings is 13. The molecule has 0 amide bonds. The zero-order valence-electron chi connectivity index (χ0n) is 45.2. The Labute approximate surface area is 483 Å². The van der Waals surface area contributed by atoms with Crippen molar-refractivity contribution in [3.63, 3.8) is 0 Å².